The van der Waals surface area contributed by atoms with Crippen LogP contribution in [0, 0.1) is 0 Å². The molecule has 0 bridgehead atoms. The smallest absolute Gasteiger partial charge is 0.303 e. The standard InChI is InChI=1S/C3H9NO2Si/c4-1-2(7)3(5)6/h2H,1,4H2,7H3,(H,5,6). The van der Waals surface area contributed by atoms with Crippen molar-refractivity contribution in [2.75, 3.05) is 6.54 Å². The number of carboxylic acid groups (broad SMARTS) is 1. The molecular formula is C3H9NO2Si. The van der Waals surface area contributed by atoms with Crippen LogP contribution in [0.15, 0.2) is 0 Å². The van der Waals surface area contributed by atoms with Gasteiger partial charge in [-0.15, -0.1) is 0 Å². The Morgan fingerprint density at radius 1 is 2.00 bits per heavy atom. The molecule has 0 aliphatic carbocycles. The fourth-order valence-electron chi connectivity index (χ4n) is 0.101. The maximum Gasteiger partial charge on any atom is 0.303 e. The number of nitrogens with two attached hydrogens (primary N) is 1. The van der Waals surface area contributed by atoms with Crippen LogP contribution in [0.1, 0.15) is 0 Å². The Morgan fingerprint density at radius 3 is 2.43 bits per heavy atom. The number of carbonyl (C=O) groups is 1. The summed E-state index contributed by atoms with van der Waals surface area (Å²) >= 11 is 0. The Kier molecular flexibility index (Phi) is 2.62. The van der Waals surface area contributed by atoms with E-state index in [0.29, 0.717) is 10.2 Å². The predicted octanol–water partition coefficient (Wildman–Crippen LogP) is -1.82. The van der Waals surface area contributed by atoms with Gasteiger partial charge in [0, 0.05) is 16.8 Å². The van der Waals surface area contributed by atoms with E-state index < -0.39 is 5.97 Å². The van der Waals surface area contributed by atoms with Gasteiger partial charge in [0.2, 0.25) is 0 Å². The van der Waals surface area contributed by atoms with E-state index in [9.17, 15) is 4.79 Å². The maximum atomic E-state index is 9.89. The van der Waals surface area contributed by atoms with Crippen LogP contribution >= 0.6 is 0 Å². The van der Waals surface area contributed by atoms with Crippen molar-refractivity contribution >= 4 is 16.2 Å². The van der Waals surface area contributed by atoms with Crippen LogP contribution in [0.2, 0.25) is 5.54 Å². The Morgan fingerprint density at radius 2 is 2.43 bits per heavy atom. The van der Waals surface area contributed by atoms with Gasteiger partial charge < -0.3 is 10.8 Å². The lowest BCUT2D eigenvalue weighted by Crippen LogP contribution is -2.17. The predicted molar refractivity (Wildman–Crippen MR) is 30.4 cm³/mol. The first-order chi connectivity index (χ1) is 3.18. The third kappa shape index (κ3) is 2.36. The fourth-order valence-corrected chi connectivity index (χ4v) is 0.101. The van der Waals surface area contributed by atoms with Crippen molar-refractivity contribution in [3.63, 3.8) is 0 Å². The summed E-state index contributed by atoms with van der Waals surface area (Å²) in [4.78, 5) is 9.89. The van der Waals surface area contributed by atoms with Crippen molar-refractivity contribution in [1.29, 1.82) is 0 Å². The second kappa shape index (κ2) is 2.76. The largest absolute Gasteiger partial charge is 0.481 e. The Balaban J connectivity index is 3.34. The number of aliphatic carboxylic acids is 1. The molecule has 0 fully saturated rings. The summed E-state index contributed by atoms with van der Waals surface area (Å²) in [6.07, 6.45) is 0. The zero-order valence-electron chi connectivity index (χ0n) is 4.22. The average molecular weight is 119 g/mol. The molecule has 0 saturated heterocycles. The minimum absolute atomic E-state index is 0.264. The first-order valence-electron chi connectivity index (χ1n) is 2.11. The van der Waals surface area contributed by atoms with Crippen molar-refractivity contribution < 1.29 is 9.90 Å². The highest BCUT2D eigenvalue weighted by atomic mass is 28.1. The number of hydrogen-bond donors (Lipinski definition) is 2. The van der Waals surface area contributed by atoms with Crippen molar-refractivity contribution in [2.24, 2.45) is 5.73 Å². The molecule has 42 valence electrons. The number of hydrogen-bond acceptors (Lipinski definition) is 2. The van der Waals surface area contributed by atoms with Crippen LogP contribution in [-0.2, 0) is 4.79 Å². The van der Waals surface area contributed by atoms with Crippen molar-refractivity contribution in [3.05, 3.63) is 0 Å². The molecule has 7 heavy (non-hydrogen) atoms. The summed E-state index contributed by atoms with van der Waals surface area (Å²) < 4.78 is 0. The van der Waals surface area contributed by atoms with Crippen molar-refractivity contribution in [3.8, 4) is 0 Å². The molecule has 3 nitrogen and oxygen atoms in total. The third-order valence-electron chi connectivity index (χ3n) is 0.775. The van der Waals surface area contributed by atoms with Gasteiger partial charge in [0.05, 0.1) is 5.54 Å². The minimum Gasteiger partial charge on any atom is -0.481 e. The Labute approximate surface area is 44.9 Å². The van der Waals surface area contributed by atoms with Gasteiger partial charge in [-0.1, -0.05) is 0 Å². The van der Waals surface area contributed by atoms with Crippen LogP contribution < -0.4 is 5.73 Å². The molecule has 0 aromatic heterocycles. The molecule has 0 amide bonds. The van der Waals surface area contributed by atoms with Crippen molar-refractivity contribution in [2.45, 2.75) is 5.54 Å². The van der Waals surface area contributed by atoms with Gasteiger partial charge in [0.15, 0.2) is 0 Å². The summed E-state index contributed by atoms with van der Waals surface area (Å²) in [5.74, 6) is -0.769. The van der Waals surface area contributed by atoms with Gasteiger partial charge in [-0.25, -0.2) is 0 Å². The number of carboxylic acids is 1. The van der Waals surface area contributed by atoms with E-state index in [1.54, 1.807) is 0 Å². The lowest BCUT2D eigenvalue weighted by molar-refractivity contribution is -0.136. The lowest BCUT2D eigenvalue weighted by Gasteiger charge is -1.96. The van der Waals surface area contributed by atoms with E-state index in [1.165, 1.54) is 0 Å². The quantitative estimate of drug-likeness (QED) is 0.421. The zero-order chi connectivity index (χ0) is 5.86. The van der Waals surface area contributed by atoms with Crippen LogP contribution in [-0.4, -0.2) is 27.9 Å². The molecule has 0 aromatic carbocycles. The van der Waals surface area contributed by atoms with E-state index in [4.69, 9.17) is 10.8 Å². The Hall–Kier alpha value is -0.353. The van der Waals surface area contributed by atoms with E-state index >= 15 is 0 Å². The minimum atomic E-state index is -0.769. The fraction of sp³-hybridized carbons (Fsp3) is 0.667. The summed E-state index contributed by atoms with van der Waals surface area (Å²) in [6, 6.07) is 0. The normalized spacial score (nSPS) is 13.9. The topological polar surface area (TPSA) is 63.3 Å². The summed E-state index contributed by atoms with van der Waals surface area (Å²) in [5.41, 5.74) is 4.76. The average Bonchev–Trinajstić information content (AvgIpc) is 1.65. The van der Waals surface area contributed by atoms with E-state index in [-0.39, 0.29) is 12.1 Å². The summed E-state index contributed by atoms with van der Waals surface area (Å²) in [6.45, 7) is 0.279. The molecule has 0 saturated carbocycles. The number of rotatable bonds is 2. The molecule has 1 unspecified atom stereocenters. The molecule has 0 aromatic rings. The summed E-state index contributed by atoms with van der Waals surface area (Å²) in [5, 5.41) is 8.14. The molecule has 1 atom stereocenters. The second-order valence-electron chi connectivity index (χ2n) is 1.47. The molecule has 0 aliphatic rings. The SMILES string of the molecule is NCC([SiH3])C(=O)O. The van der Waals surface area contributed by atoms with Crippen LogP contribution in [0.25, 0.3) is 0 Å². The highest BCUT2D eigenvalue weighted by Gasteiger charge is 2.05. The Bertz CT molecular complexity index is 75.3. The van der Waals surface area contributed by atoms with Gasteiger partial charge in [0.25, 0.3) is 0 Å². The van der Waals surface area contributed by atoms with Gasteiger partial charge in [-0.3, -0.25) is 4.79 Å². The maximum absolute atomic E-state index is 9.89. The van der Waals surface area contributed by atoms with E-state index in [2.05, 4.69) is 0 Å². The molecule has 4 heteroatoms. The zero-order valence-corrected chi connectivity index (χ0v) is 6.22. The molecule has 0 heterocycles. The van der Waals surface area contributed by atoms with Gasteiger partial charge in [-0.2, -0.15) is 0 Å². The lowest BCUT2D eigenvalue weighted by atomic mass is 10.4. The van der Waals surface area contributed by atoms with Gasteiger partial charge >= 0.3 is 5.97 Å². The highest BCUT2D eigenvalue weighted by Crippen LogP contribution is 1.90. The van der Waals surface area contributed by atoms with Gasteiger partial charge in [0.1, 0.15) is 0 Å². The van der Waals surface area contributed by atoms with Crippen LogP contribution in [0.4, 0.5) is 0 Å². The van der Waals surface area contributed by atoms with E-state index in [1.807, 2.05) is 0 Å². The monoisotopic (exact) mass is 119 g/mol. The third-order valence-corrected chi connectivity index (χ3v) is 1.74. The van der Waals surface area contributed by atoms with Crippen LogP contribution in [0.3, 0.4) is 0 Å². The molecule has 0 spiro atoms. The van der Waals surface area contributed by atoms with Crippen LogP contribution in [0.5, 0.6) is 0 Å². The van der Waals surface area contributed by atoms with E-state index in [0.717, 1.165) is 0 Å². The second-order valence-corrected chi connectivity index (χ2v) is 2.87. The molecular weight excluding hydrogens is 110 g/mol. The highest BCUT2D eigenvalue weighted by molar-refractivity contribution is 6.22. The van der Waals surface area contributed by atoms with Crippen molar-refractivity contribution in [1.82, 2.24) is 0 Å². The molecule has 0 rings (SSSR count). The molecule has 3 N–H and O–H groups in total. The first-order valence-corrected chi connectivity index (χ1v) is 3.26. The summed E-state index contributed by atoms with van der Waals surface area (Å²) in [7, 11) is 0.650. The molecule has 0 aliphatic heterocycles. The first kappa shape index (κ1) is 6.65. The van der Waals surface area contributed by atoms with Gasteiger partial charge in [-0.05, 0) is 0 Å². The molecule has 0 radical (unpaired) electrons.